The summed E-state index contributed by atoms with van der Waals surface area (Å²) in [6.45, 7) is 1.39. The Morgan fingerprint density at radius 3 is 2.50 bits per heavy atom. The van der Waals surface area contributed by atoms with Crippen molar-refractivity contribution >= 4 is 11.7 Å². The second-order valence-electron chi connectivity index (χ2n) is 6.32. The average Bonchev–Trinajstić information content (AvgIpc) is 3.14. The van der Waals surface area contributed by atoms with Gasteiger partial charge >= 0.3 is 17.8 Å². The molecule has 0 fully saturated rings. The molecule has 0 saturated heterocycles. The monoisotopic (exact) mass is 454 g/mol. The molecule has 2 heterocycles. The van der Waals surface area contributed by atoms with Crippen LogP contribution in [0.15, 0.2) is 41.1 Å². The first kappa shape index (κ1) is 22.4. The Labute approximate surface area is 176 Å². The maximum absolute atomic E-state index is 12.9. The highest BCUT2D eigenvalue weighted by Crippen LogP contribution is 2.42. The second-order valence-corrected chi connectivity index (χ2v) is 6.32. The van der Waals surface area contributed by atoms with Crippen molar-refractivity contribution in [3.05, 3.63) is 63.3 Å². The number of carbonyl (C=O) groups is 1. The van der Waals surface area contributed by atoms with Gasteiger partial charge in [-0.15, -0.1) is 0 Å². The highest BCUT2D eigenvalue weighted by atomic mass is 19.4. The Balaban J connectivity index is 2.23. The standard InChI is InChI=1S/C19H13F3N2O8/c1-2-31-18(27)15-11(10-5-12(24(29)30)16(26)13(25)6-10)8-32-17(15)9-3-4-14(19(20,21)22)23(28)7-9/h3-8,25-26H,2H2,1H3. The number of hydrogen-bond donors (Lipinski definition) is 2. The first-order valence-electron chi connectivity index (χ1n) is 8.75. The number of esters is 1. The summed E-state index contributed by atoms with van der Waals surface area (Å²) in [7, 11) is 0. The molecule has 2 N–H and O–H groups in total. The van der Waals surface area contributed by atoms with E-state index in [1.807, 2.05) is 0 Å². The number of alkyl halides is 3. The molecule has 0 spiro atoms. The quantitative estimate of drug-likeness (QED) is 0.148. The van der Waals surface area contributed by atoms with Gasteiger partial charge in [0.1, 0.15) is 5.56 Å². The molecule has 32 heavy (non-hydrogen) atoms. The summed E-state index contributed by atoms with van der Waals surface area (Å²) in [5.74, 6) is -3.21. The summed E-state index contributed by atoms with van der Waals surface area (Å²) in [6, 6.07) is 3.17. The Morgan fingerprint density at radius 2 is 1.94 bits per heavy atom. The lowest BCUT2D eigenvalue weighted by molar-refractivity contribution is -0.628. The van der Waals surface area contributed by atoms with E-state index in [2.05, 4.69) is 0 Å². The number of pyridine rings is 1. The number of ether oxygens (including phenoxy) is 1. The predicted molar refractivity (Wildman–Crippen MR) is 99.5 cm³/mol. The van der Waals surface area contributed by atoms with Crippen LogP contribution in [0, 0.1) is 15.3 Å². The van der Waals surface area contributed by atoms with Crippen LogP contribution in [0.5, 0.6) is 11.5 Å². The fourth-order valence-corrected chi connectivity index (χ4v) is 2.92. The van der Waals surface area contributed by atoms with E-state index in [1.165, 1.54) is 6.92 Å². The summed E-state index contributed by atoms with van der Waals surface area (Å²) in [4.78, 5) is 22.8. The minimum Gasteiger partial charge on any atom is -0.618 e. The van der Waals surface area contributed by atoms with Crippen LogP contribution >= 0.6 is 0 Å². The van der Waals surface area contributed by atoms with Gasteiger partial charge in [0.25, 0.3) is 5.69 Å². The van der Waals surface area contributed by atoms with Crippen molar-refractivity contribution in [3.8, 4) is 33.9 Å². The molecule has 0 saturated carbocycles. The second kappa shape index (κ2) is 8.09. The lowest BCUT2D eigenvalue weighted by Gasteiger charge is -2.09. The van der Waals surface area contributed by atoms with Crippen molar-refractivity contribution < 1.29 is 47.0 Å². The third kappa shape index (κ3) is 3.99. The molecule has 0 bridgehead atoms. The fraction of sp³-hybridized carbons (Fsp3) is 0.158. The van der Waals surface area contributed by atoms with Crippen LogP contribution in [0.3, 0.4) is 0 Å². The molecule has 0 unspecified atom stereocenters. The largest absolute Gasteiger partial charge is 0.618 e. The maximum atomic E-state index is 12.9. The van der Waals surface area contributed by atoms with E-state index in [4.69, 9.17) is 9.15 Å². The number of phenolic OH excluding ortho intramolecular Hbond substituents is 2. The van der Waals surface area contributed by atoms with Gasteiger partial charge in [0.15, 0.2) is 17.7 Å². The van der Waals surface area contributed by atoms with Gasteiger partial charge in [-0.25, -0.2) is 4.79 Å². The highest BCUT2D eigenvalue weighted by Gasteiger charge is 2.40. The molecule has 0 aliphatic rings. The fourth-order valence-electron chi connectivity index (χ4n) is 2.92. The maximum Gasteiger partial charge on any atom is 0.478 e. The Bertz CT molecular complexity index is 1220. The number of rotatable bonds is 5. The number of benzene rings is 1. The highest BCUT2D eigenvalue weighted by molar-refractivity contribution is 6.03. The van der Waals surface area contributed by atoms with Gasteiger partial charge in [-0.1, -0.05) is 0 Å². The summed E-state index contributed by atoms with van der Waals surface area (Å²) in [6.07, 6.45) is -3.42. The number of furan rings is 1. The Hall–Kier alpha value is -4.29. The number of nitro benzene ring substituents is 1. The number of hydrogen-bond acceptors (Lipinski definition) is 8. The van der Waals surface area contributed by atoms with Gasteiger partial charge in [-0.2, -0.15) is 17.9 Å². The Morgan fingerprint density at radius 1 is 1.25 bits per heavy atom. The third-order valence-corrected chi connectivity index (χ3v) is 4.32. The van der Waals surface area contributed by atoms with E-state index in [-0.39, 0.29) is 34.6 Å². The molecular weight excluding hydrogens is 441 g/mol. The van der Waals surface area contributed by atoms with Crippen LogP contribution in [-0.2, 0) is 10.9 Å². The van der Waals surface area contributed by atoms with Crippen LogP contribution in [0.4, 0.5) is 18.9 Å². The van der Waals surface area contributed by atoms with Crippen LogP contribution in [-0.4, -0.2) is 27.7 Å². The molecule has 168 valence electrons. The number of carbonyl (C=O) groups excluding carboxylic acids is 1. The molecule has 0 aliphatic heterocycles. The molecule has 0 atom stereocenters. The van der Waals surface area contributed by atoms with Gasteiger partial charge in [-0.05, 0) is 24.6 Å². The topological polar surface area (TPSA) is 150 Å². The number of halogens is 3. The number of aromatic hydroxyl groups is 2. The van der Waals surface area contributed by atoms with Crippen molar-refractivity contribution in [2.75, 3.05) is 6.61 Å². The van der Waals surface area contributed by atoms with E-state index in [9.17, 15) is 43.5 Å². The molecule has 2 aromatic heterocycles. The molecule has 0 amide bonds. The molecular formula is C19H13F3N2O8. The van der Waals surface area contributed by atoms with Crippen molar-refractivity contribution in [3.63, 3.8) is 0 Å². The van der Waals surface area contributed by atoms with Crippen molar-refractivity contribution in [2.24, 2.45) is 0 Å². The molecule has 0 aliphatic carbocycles. The van der Waals surface area contributed by atoms with Crippen molar-refractivity contribution in [1.82, 2.24) is 0 Å². The molecule has 3 rings (SSSR count). The van der Waals surface area contributed by atoms with Crippen molar-refractivity contribution in [1.29, 1.82) is 0 Å². The van der Waals surface area contributed by atoms with Crippen LogP contribution in [0.1, 0.15) is 23.0 Å². The molecule has 13 heteroatoms. The van der Waals surface area contributed by atoms with E-state index in [0.717, 1.165) is 24.5 Å². The third-order valence-electron chi connectivity index (χ3n) is 4.32. The molecule has 1 aromatic carbocycles. The van der Waals surface area contributed by atoms with E-state index in [1.54, 1.807) is 0 Å². The number of nitro groups is 1. The molecule has 3 aromatic rings. The van der Waals surface area contributed by atoms with Gasteiger partial charge in [0.2, 0.25) is 5.75 Å². The molecule has 10 nitrogen and oxygen atoms in total. The lowest BCUT2D eigenvalue weighted by Crippen LogP contribution is -2.36. The smallest absolute Gasteiger partial charge is 0.478 e. The number of aromatic nitrogens is 1. The summed E-state index contributed by atoms with van der Waals surface area (Å²) < 4.78 is 48.4. The SMILES string of the molecule is CCOC(=O)c1c(-c2cc(O)c(O)c([N+](=O)[O-])c2)coc1-c1ccc(C(F)(F)F)[n+]([O-])c1. The van der Waals surface area contributed by atoms with Crippen LogP contribution < -0.4 is 4.73 Å². The summed E-state index contributed by atoms with van der Waals surface area (Å²) in [5, 5.41) is 42.5. The van der Waals surface area contributed by atoms with Gasteiger partial charge in [0, 0.05) is 17.7 Å². The normalized spacial score (nSPS) is 11.4. The molecule has 0 radical (unpaired) electrons. The summed E-state index contributed by atoms with van der Waals surface area (Å²) >= 11 is 0. The minimum atomic E-state index is -4.92. The van der Waals surface area contributed by atoms with Crippen molar-refractivity contribution in [2.45, 2.75) is 13.1 Å². The van der Waals surface area contributed by atoms with Crippen LogP contribution in [0.2, 0.25) is 0 Å². The van der Waals surface area contributed by atoms with Gasteiger partial charge in [0.05, 0.1) is 23.4 Å². The van der Waals surface area contributed by atoms with Crippen LogP contribution in [0.25, 0.3) is 22.5 Å². The van der Waals surface area contributed by atoms with E-state index >= 15 is 0 Å². The van der Waals surface area contributed by atoms with E-state index in [0.29, 0.717) is 12.3 Å². The number of nitrogens with zero attached hydrogens (tertiary/aromatic N) is 2. The zero-order valence-electron chi connectivity index (χ0n) is 16.0. The summed E-state index contributed by atoms with van der Waals surface area (Å²) in [5.41, 5.74) is -3.19. The average molecular weight is 454 g/mol. The zero-order valence-corrected chi connectivity index (χ0v) is 16.0. The van der Waals surface area contributed by atoms with Gasteiger partial charge < -0.3 is 24.6 Å². The van der Waals surface area contributed by atoms with Gasteiger partial charge in [-0.3, -0.25) is 10.1 Å². The minimum absolute atomic E-state index is 0.0988. The number of phenols is 2. The lowest BCUT2D eigenvalue weighted by atomic mass is 9.99. The predicted octanol–water partition coefficient (Wildman–Crippen LogP) is 3.76. The first-order valence-corrected chi connectivity index (χ1v) is 8.75. The van der Waals surface area contributed by atoms with E-state index < -0.39 is 44.7 Å². The Kier molecular flexibility index (Phi) is 5.66. The zero-order chi connectivity index (χ0) is 23.8. The first-order chi connectivity index (χ1) is 15.0.